The second-order valence-electron chi connectivity index (χ2n) is 5.97. The third kappa shape index (κ3) is 5.00. The molecule has 3 aromatic rings. The Morgan fingerprint density at radius 2 is 1.58 bits per heavy atom. The summed E-state index contributed by atoms with van der Waals surface area (Å²) >= 11 is 3.45. The van der Waals surface area contributed by atoms with Gasteiger partial charge in [-0.05, 0) is 66.1 Å². The minimum Gasteiger partial charge on any atom is -0.508 e. The minimum absolute atomic E-state index is 0.0501. The molecule has 0 saturated carbocycles. The monoisotopic (exact) mass is 412 g/mol. The van der Waals surface area contributed by atoms with Gasteiger partial charge in [-0.3, -0.25) is 0 Å². The zero-order valence-corrected chi connectivity index (χ0v) is 16.0. The molecule has 0 aromatic heterocycles. The van der Waals surface area contributed by atoms with Crippen molar-refractivity contribution in [3.8, 4) is 11.5 Å². The molecular weight excluding hydrogens is 392 g/mol. The molecule has 1 atom stereocenters. The summed E-state index contributed by atoms with van der Waals surface area (Å²) in [5.74, 6) is 1.11. The van der Waals surface area contributed by atoms with Crippen LogP contribution in [0.25, 0.3) is 0 Å². The SMILES string of the molecule is COc1ccc(C(Cc2ccc(O)cc2)NNc2ccc(Br)cc2)cc1. The number of ether oxygens (including phenoxy) is 1. The van der Waals surface area contributed by atoms with Gasteiger partial charge in [-0.1, -0.05) is 40.2 Å². The first-order valence-electron chi connectivity index (χ1n) is 8.33. The van der Waals surface area contributed by atoms with Gasteiger partial charge in [-0.2, -0.15) is 0 Å². The number of aromatic hydroxyl groups is 1. The predicted molar refractivity (Wildman–Crippen MR) is 108 cm³/mol. The van der Waals surface area contributed by atoms with E-state index in [1.54, 1.807) is 19.2 Å². The number of halogens is 1. The van der Waals surface area contributed by atoms with Crippen LogP contribution in [0.15, 0.2) is 77.3 Å². The predicted octanol–water partition coefficient (Wildman–Crippen LogP) is 5.06. The van der Waals surface area contributed by atoms with Crippen LogP contribution in [0.2, 0.25) is 0 Å². The molecule has 0 bridgehead atoms. The molecule has 3 rings (SSSR count). The van der Waals surface area contributed by atoms with Crippen molar-refractivity contribution in [1.82, 2.24) is 5.43 Å². The van der Waals surface area contributed by atoms with Gasteiger partial charge in [0.1, 0.15) is 11.5 Å². The molecular formula is C21H21BrN2O2. The molecule has 0 heterocycles. The number of phenols is 1. The summed E-state index contributed by atoms with van der Waals surface area (Å²) in [6.45, 7) is 0. The van der Waals surface area contributed by atoms with Crippen molar-refractivity contribution in [3.63, 3.8) is 0 Å². The fourth-order valence-corrected chi connectivity index (χ4v) is 2.92. The van der Waals surface area contributed by atoms with Gasteiger partial charge in [0.25, 0.3) is 0 Å². The zero-order valence-electron chi connectivity index (χ0n) is 14.4. The molecule has 0 spiro atoms. The van der Waals surface area contributed by atoms with Gasteiger partial charge in [-0.25, -0.2) is 5.43 Å². The van der Waals surface area contributed by atoms with Gasteiger partial charge in [0.15, 0.2) is 0 Å². The quantitative estimate of drug-likeness (QED) is 0.474. The maximum absolute atomic E-state index is 9.49. The number of hydrogen-bond acceptors (Lipinski definition) is 4. The Hall–Kier alpha value is -2.50. The molecule has 0 saturated heterocycles. The maximum Gasteiger partial charge on any atom is 0.118 e. The number of nitrogens with one attached hydrogen (secondary N) is 2. The smallest absolute Gasteiger partial charge is 0.118 e. The second kappa shape index (κ2) is 8.74. The maximum atomic E-state index is 9.49. The fraction of sp³-hybridized carbons (Fsp3) is 0.143. The molecule has 3 aromatic carbocycles. The Morgan fingerprint density at radius 3 is 2.19 bits per heavy atom. The summed E-state index contributed by atoms with van der Waals surface area (Å²) in [7, 11) is 1.66. The summed E-state index contributed by atoms with van der Waals surface area (Å²) in [5, 5.41) is 9.49. The summed E-state index contributed by atoms with van der Waals surface area (Å²) in [6.07, 6.45) is 0.774. The van der Waals surface area contributed by atoms with Gasteiger partial charge < -0.3 is 15.3 Å². The lowest BCUT2D eigenvalue weighted by molar-refractivity contribution is 0.414. The van der Waals surface area contributed by atoms with Crippen molar-refractivity contribution in [3.05, 3.63) is 88.4 Å². The molecule has 26 heavy (non-hydrogen) atoms. The first-order valence-corrected chi connectivity index (χ1v) is 9.12. The minimum atomic E-state index is 0.0501. The van der Waals surface area contributed by atoms with E-state index in [1.807, 2.05) is 48.5 Å². The number of hydrazine groups is 1. The van der Waals surface area contributed by atoms with Crippen LogP contribution < -0.4 is 15.6 Å². The number of anilines is 1. The van der Waals surface area contributed by atoms with Crippen LogP contribution in [0.1, 0.15) is 17.2 Å². The third-order valence-corrected chi connectivity index (χ3v) is 4.66. The molecule has 134 valence electrons. The van der Waals surface area contributed by atoms with E-state index in [4.69, 9.17) is 4.74 Å². The molecule has 0 fully saturated rings. The Bertz CT molecular complexity index is 818. The number of benzene rings is 3. The third-order valence-electron chi connectivity index (χ3n) is 4.13. The highest BCUT2D eigenvalue weighted by molar-refractivity contribution is 9.10. The molecule has 5 heteroatoms. The highest BCUT2D eigenvalue weighted by Crippen LogP contribution is 2.23. The molecule has 1 unspecified atom stereocenters. The largest absolute Gasteiger partial charge is 0.508 e. The van der Waals surface area contributed by atoms with E-state index in [9.17, 15) is 5.11 Å². The molecule has 4 nitrogen and oxygen atoms in total. The highest BCUT2D eigenvalue weighted by Gasteiger charge is 2.12. The molecule has 0 aliphatic heterocycles. The second-order valence-corrected chi connectivity index (χ2v) is 6.89. The number of hydrogen-bond donors (Lipinski definition) is 3. The van der Waals surface area contributed by atoms with E-state index in [1.165, 1.54) is 0 Å². The molecule has 0 aliphatic carbocycles. The zero-order chi connectivity index (χ0) is 18.4. The number of rotatable bonds is 7. The topological polar surface area (TPSA) is 53.5 Å². The average molecular weight is 413 g/mol. The van der Waals surface area contributed by atoms with Gasteiger partial charge in [0.2, 0.25) is 0 Å². The molecule has 0 aliphatic rings. The van der Waals surface area contributed by atoms with Crippen molar-refractivity contribution in [2.45, 2.75) is 12.5 Å². The van der Waals surface area contributed by atoms with Crippen molar-refractivity contribution in [2.75, 3.05) is 12.5 Å². The van der Waals surface area contributed by atoms with E-state index in [-0.39, 0.29) is 11.8 Å². The van der Waals surface area contributed by atoms with Crippen molar-refractivity contribution in [1.29, 1.82) is 0 Å². The van der Waals surface area contributed by atoms with Gasteiger partial charge >= 0.3 is 0 Å². The Kier molecular flexibility index (Phi) is 6.15. The number of phenolic OH excluding ortho intramolecular Hbond substituents is 1. The van der Waals surface area contributed by atoms with Crippen LogP contribution in [0, 0.1) is 0 Å². The van der Waals surface area contributed by atoms with Gasteiger partial charge in [0, 0.05) is 10.2 Å². The number of methoxy groups -OCH3 is 1. The van der Waals surface area contributed by atoms with Crippen LogP contribution in [0.4, 0.5) is 5.69 Å². The lowest BCUT2D eigenvalue weighted by atomic mass is 9.99. The standard InChI is InChI=1S/C21H21BrN2O2/c1-26-20-12-4-16(5-13-20)21(14-15-2-10-19(25)11-3-15)24-23-18-8-6-17(22)7-9-18/h2-13,21,23-25H,14H2,1H3. The average Bonchev–Trinajstić information content (AvgIpc) is 2.68. The van der Waals surface area contributed by atoms with Crippen molar-refractivity contribution in [2.24, 2.45) is 0 Å². The first-order chi connectivity index (χ1) is 12.6. The normalized spacial score (nSPS) is 11.8. The van der Waals surface area contributed by atoms with Crippen LogP contribution in [-0.2, 0) is 6.42 Å². The fourth-order valence-electron chi connectivity index (χ4n) is 2.66. The van der Waals surface area contributed by atoms with Crippen molar-refractivity contribution >= 4 is 21.6 Å². The summed E-state index contributed by atoms with van der Waals surface area (Å²) in [4.78, 5) is 0. The van der Waals surface area contributed by atoms with E-state index in [0.29, 0.717) is 0 Å². The van der Waals surface area contributed by atoms with E-state index in [2.05, 4.69) is 38.9 Å². The molecule has 0 radical (unpaired) electrons. The summed E-state index contributed by atoms with van der Waals surface area (Å²) < 4.78 is 6.29. The first kappa shape index (κ1) is 18.3. The Labute approximate surface area is 161 Å². The van der Waals surface area contributed by atoms with Crippen LogP contribution in [0.5, 0.6) is 11.5 Å². The van der Waals surface area contributed by atoms with Crippen molar-refractivity contribution < 1.29 is 9.84 Å². The Balaban J connectivity index is 1.77. The van der Waals surface area contributed by atoms with Crippen LogP contribution >= 0.6 is 15.9 Å². The molecule has 0 amide bonds. The van der Waals surface area contributed by atoms with Crippen LogP contribution in [-0.4, -0.2) is 12.2 Å². The van der Waals surface area contributed by atoms with Gasteiger partial charge in [0.05, 0.1) is 13.2 Å². The van der Waals surface area contributed by atoms with E-state index in [0.717, 1.165) is 33.5 Å². The van der Waals surface area contributed by atoms with E-state index < -0.39 is 0 Å². The molecule has 3 N–H and O–H groups in total. The van der Waals surface area contributed by atoms with Crippen LogP contribution in [0.3, 0.4) is 0 Å². The summed E-state index contributed by atoms with van der Waals surface area (Å²) in [6, 6.07) is 23.4. The lowest BCUT2D eigenvalue weighted by Crippen LogP contribution is -2.28. The van der Waals surface area contributed by atoms with Gasteiger partial charge in [-0.15, -0.1) is 0 Å². The van der Waals surface area contributed by atoms with E-state index >= 15 is 0 Å². The lowest BCUT2D eigenvalue weighted by Gasteiger charge is -2.21. The summed E-state index contributed by atoms with van der Waals surface area (Å²) in [5.41, 5.74) is 9.94. The Morgan fingerprint density at radius 1 is 0.923 bits per heavy atom. The highest BCUT2D eigenvalue weighted by atomic mass is 79.9.